The first-order chi connectivity index (χ1) is 9.06. The molecule has 19 heavy (non-hydrogen) atoms. The molecule has 1 atom stereocenters. The molecule has 1 aliphatic rings. The van der Waals surface area contributed by atoms with E-state index in [4.69, 9.17) is 23.2 Å². The molecule has 1 amide bonds. The largest absolute Gasteiger partial charge is 0.391 e. The third-order valence-electron chi connectivity index (χ3n) is 3.24. The summed E-state index contributed by atoms with van der Waals surface area (Å²) in [7, 11) is 0. The lowest BCUT2D eigenvalue weighted by atomic mass is 10.2. The van der Waals surface area contributed by atoms with Crippen molar-refractivity contribution in [1.82, 2.24) is 4.90 Å². The predicted molar refractivity (Wildman–Crippen MR) is 78.4 cm³/mol. The number of benzene rings is 1. The number of nitrogens with zero attached hydrogens (tertiary/aromatic N) is 1. The van der Waals surface area contributed by atoms with Gasteiger partial charge in [-0.3, -0.25) is 4.79 Å². The van der Waals surface area contributed by atoms with Crippen molar-refractivity contribution in [2.75, 3.05) is 13.1 Å². The first kappa shape index (κ1) is 13.2. The second-order valence-corrected chi connectivity index (χ2v) is 6.45. The number of carbonyl (C=O) groups is 1. The molecule has 2 aromatic rings. The van der Waals surface area contributed by atoms with Crippen molar-refractivity contribution in [2.24, 2.45) is 0 Å². The maximum atomic E-state index is 12.4. The van der Waals surface area contributed by atoms with Gasteiger partial charge in [0.05, 0.1) is 11.1 Å². The minimum absolute atomic E-state index is 0.112. The summed E-state index contributed by atoms with van der Waals surface area (Å²) in [6.07, 6.45) is 0.201. The van der Waals surface area contributed by atoms with Crippen LogP contribution in [0.2, 0.25) is 10.0 Å². The molecule has 1 fully saturated rings. The van der Waals surface area contributed by atoms with E-state index in [-0.39, 0.29) is 5.91 Å². The molecule has 0 radical (unpaired) electrons. The molecule has 0 unspecified atom stereocenters. The van der Waals surface area contributed by atoms with Gasteiger partial charge in [-0.25, -0.2) is 0 Å². The number of carbonyl (C=O) groups excluding carboxylic acids is 1. The zero-order valence-corrected chi connectivity index (χ0v) is 12.2. The molecule has 0 bridgehead atoms. The van der Waals surface area contributed by atoms with E-state index < -0.39 is 6.10 Å². The van der Waals surface area contributed by atoms with Crippen LogP contribution >= 0.6 is 34.5 Å². The Kier molecular flexibility index (Phi) is 3.43. The minimum atomic E-state index is -0.424. The Labute approximate surface area is 124 Å². The first-order valence-electron chi connectivity index (χ1n) is 5.91. The summed E-state index contributed by atoms with van der Waals surface area (Å²) >= 11 is 13.6. The van der Waals surface area contributed by atoms with Crippen LogP contribution in [0.3, 0.4) is 0 Å². The molecule has 6 heteroatoms. The van der Waals surface area contributed by atoms with Crippen molar-refractivity contribution in [3.05, 3.63) is 33.1 Å². The number of β-amino-alcohol motifs (C(OH)–C–C–N with tert-alkyl or cyclic N) is 1. The zero-order chi connectivity index (χ0) is 13.6. The molecule has 3 nitrogen and oxygen atoms in total. The van der Waals surface area contributed by atoms with Crippen molar-refractivity contribution in [1.29, 1.82) is 0 Å². The van der Waals surface area contributed by atoms with Crippen molar-refractivity contribution in [3.8, 4) is 0 Å². The Morgan fingerprint density at radius 1 is 1.42 bits per heavy atom. The van der Waals surface area contributed by atoms with E-state index in [1.807, 2.05) is 12.1 Å². The summed E-state index contributed by atoms with van der Waals surface area (Å²) in [5.74, 6) is -0.112. The number of thiophene rings is 1. The van der Waals surface area contributed by atoms with Gasteiger partial charge in [-0.15, -0.1) is 11.3 Å². The number of aliphatic hydroxyl groups excluding tert-OH is 1. The highest BCUT2D eigenvalue weighted by molar-refractivity contribution is 7.21. The Hall–Kier alpha value is -0.810. The van der Waals surface area contributed by atoms with Crippen LogP contribution in [0.25, 0.3) is 10.1 Å². The third-order valence-corrected chi connectivity index (χ3v) is 5.12. The normalized spacial score (nSPS) is 19.3. The minimum Gasteiger partial charge on any atom is -0.391 e. The van der Waals surface area contributed by atoms with Gasteiger partial charge in [0, 0.05) is 28.2 Å². The maximum Gasteiger partial charge on any atom is 0.265 e. The average molecular weight is 316 g/mol. The first-order valence-corrected chi connectivity index (χ1v) is 7.48. The number of hydrogen-bond acceptors (Lipinski definition) is 3. The average Bonchev–Trinajstić information content (AvgIpc) is 2.93. The van der Waals surface area contributed by atoms with E-state index >= 15 is 0 Å². The van der Waals surface area contributed by atoms with Crippen LogP contribution in [-0.4, -0.2) is 35.1 Å². The van der Waals surface area contributed by atoms with Crippen molar-refractivity contribution >= 4 is 50.5 Å². The number of halogens is 2. The number of aliphatic hydroxyl groups is 1. The molecule has 0 spiro atoms. The van der Waals surface area contributed by atoms with Gasteiger partial charge < -0.3 is 10.0 Å². The highest BCUT2D eigenvalue weighted by atomic mass is 35.5. The van der Waals surface area contributed by atoms with Crippen LogP contribution < -0.4 is 0 Å². The second kappa shape index (κ2) is 4.94. The van der Waals surface area contributed by atoms with Gasteiger partial charge in [0.15, 0.2) is 0 Å². The molecule has 100 valence electrons. The standard InChI is InChI=1S/C13H11Cl2NO2S/c14-7-1-2-9-10(5-7)19-12(11(9)15)13(18)16-4-3-8(17)6-16/h1-2,5,8,17H,3-4,6H2/t8-/m1/s1. The Balaban J connectivity index is 2.00. The molecule has 1 N–H and O–H groups in total. The third kappa shape index (κ3) is 2.34. The number of amides is 1. The topological polar surface area (TPSA) is 40.5 Å². The van der Waals surface area contributed by atoms with Crippen molar-refractivity contribution < 1.29 is 9.90 Å². The fourth-order valence-corrected chi connectivity index (χ4v) is 4.00. The molecular weight excluding hydrogens is 305 g/mol. The molecule has 2 heterocycles. The summed E-state index contributed by atoms with van der Waals surface area (Å²) in [5.41, 5.74) is 0. The number of fused-ring (bicyclic) bond motifs is 1. The van der Waals surface area contributed by atoms with E-state index in [0.717, 1.165) is 10.1 Å². The van der Waals surface area contributed by atoms with Crippen LogP contribution in [0.5, 0.6) is 0 Å². The Morgan fingerprint density at radius 3 is 2.89 bits per heavy atom. The smallest absolute Gasteiger partial charge is 0.265 e. The summed E-state index contributed by atoms with van der Waals surface area (Å²) in [5, 5.41) is 11.4. The Bertz CT molecular complexity index is 655. The number of likely N-dealkylation sites (tertiary alicyclic amines) is 1. The quantitative estimate of drug-likeness (QED) is 0.876. The molecule has 1 aromatic carbocycles. The van der Waals surface area contributed by atoms with E-state index in [1.165, 1.54) is 11.3 Å². The van der Waals surface area contributed by atoms with Gasteiger partial charge in [-0.2, -0.15) is 0 Å². The van der Waals surface area contributed by atoms with Crippen molar-refractivity contribution in [2.45, 2.75) is 12.5 Å². The van der Waals surface area contributed by atoms with Crippen molar-refractivity contribution in [3.63, 3.8) is 0 Å². The summed E-state index contributed by atoms with van der Waals surface area (Å²) in [4.78, 5) is 14.5. The number of rotatable bonds is 1. The molecule has 1 aromatic heterocycles. The zero-order valence-electron chi connectivity index (χ0n) is 9.90. The molecule has 3 rings (SSSR count). The van der Waals surface area contributed by atoms with Crippen LogP contribution in [0.4, 0.5) is 0 Å². The van der Waals surface area contributed by atoms with Gasteiger partial charge >= 0.3 is 0 Å². The van der Waals surface area contributed by atoms with Crippen LogP contribution in [-0.2, 0) is 0 Å². The second-order valence-electron chi connectivity index (χ2n) is 4.58. The molecule has 0 saturated carbocycles. The lowest BCUT2D eigenvalue weighted by molar-refractivity contribution is 0.0770. The van der Waals surface area contributed by atoms with Gasteiger partial charge in [0.2, 0.25) is 0 Å². The van der Waals surface area contributed by atoms with E-state index in [2.05, 4.69) is 0 Å². The molecular formula is C13H11Cl2NO2S. The SMILES string of the molecule is O=C(c1sc2cc(Cl)ccc2c1Cl)N1CC[C@@H](O)C1. The van der Waals surface area contributed by atoms with E-state index in [9.17, 15) is 9.90 Å². The number of hydrogen-bond donors (Lipinski definition) is 1. The molecule has 1 saturated heterocycles. The fraction of sp³-hybridized carbons (Fsp3) is 0.308. The highest BCUT2D eigenvalue weighted by Crippen LogP contribution is 2.37. The summed E-state index contributed by atoms with van der Waals surface area (Å²) in [6.45, 7) is 0.954. The lowest BCUT2D eigenvalue weighted by Gasteiger charge is -2.14. The lowest BCUT2D eigenvalue weighted by Crippen LogP contribution is -2.29. The van der Waals surface area contributed by atoms with Crippen LogP contribution in [0, 0.1) is 0 Å². The maximum absolute atomic E-state index is 12.4. The highest BCUT2D eigenvalue weighted by Gasteiger charge is 2.28. The molecule has 1 aliphatic heterocycles. The van der Waals surface area contributed by atoms with E-state index in [0.29, 0.717) is 34.4 Å². The Morgan fingerprint density at radius 2 is 2.21 bits per heavy atom. The van der Waals surface area contributed by atoms with Gasteiger partial charge in [-0.05, 0) is 18.6 Å². The van der Waals surface area contributed by atoms with Gasteiger partial charge in [-0.1, -0.05) is 29.3 Å². The van der Waals surface area contributed by atoms with Crippen LogP contribution in [0.1, 0.15) is 16.1 Å². The monoisotopic (exact) mass is 315 g/mol. The van der Waals surface area contributed by atoms with E-state index in [1.54, 1.807) is 11.0 Å². The summed E-state index contributed by atoms with van der Waals surface area (Å²) < 4.78 is 0.903. The fourth-order valence-electron chi connectivity index (χ4n) is 2.25. The molecule has 0 aliphatic carbocycles. The van der Waals surface area contributed by atoms with Gasteiger partial charge in [0.1, 0.15) is 4.88 Å². The summed E-state index contributed by atoms with van der Waals surface area (Å²) in [6, 6.07) is 5.39. The van der Waals surface area contributed by atoms with Gasteiger partial charge in [0.25, 0.3) is 5.91 Å². The predicted octanol–water partition coefficient (Wildman–Crippen LogP) is 3.41. The van der Waals surface area contributed by atoms with Crippen LogP contribution in [0.15, 0.2) is 18.2 Å².